The second-order valence-corrected chi connectivity index (χ2v) is 8.05. The minimum atomic E-state index is 0.182. The van der Waals surface area contributed by atoms with Crippen molar-refractivity contribution in [3.63, 3.8) is 0 Å². The smallest absolute Gasteiger partial charge is 0.133 e. The van der Waals surface area contributed by atoms with Crippen LogP contribution in [0.25, 0.3) is 0 Å². The minimum absolute atomic E-state index is 0.182. The van der Waals surface area contributed by atoms with Crippen molar-refractivity contribution in [1.82, 2.24) is 0 Å². The van der Waals surface area contributed by atoms with Gasteiger partial charge in [-0.3, -0.25) is 0 Å². The molecule has 2 aromatic rings. The number of hydrogen-bond donors (Lipinski definition) is 1. The van der Waals surface area contributed by atoms with E-state index in [1.165, 1.54) is 27.9 Å². The van der Waals surface area contributed by atoms with Gasteiger partial charge in [-0.2, -0.15) is 0 Å². The molecule has 2 aromatic carbocycles. The second kappa shape index (κ2) is 9.00. The molecule has 0 aliphatic carbocycles. The fourth-order valence-corrected chi connectivity index (χ4v) is 4.67. The second-order valence-electron chi connectivity index (χ2n) is 8.05. The Hall–Kier alpha value is -2.00. The van der Waals surface area contributed by atoms with Crippen molar-refractivity contribution in [3.8, 4) is 11.5 Å². The van der Waals surface area contributed by atoms with Crippen molar-refractivity contribution >= 4 is 5.69 Å². The van der Waals surface area contributed by atoms with Gasteiger partial charge in [0.25, 0.3) is 0 Å². The summed E-state index contributed by atoms with van der Waals surface area (Å²) < 4.78 is 6.44. The molecule has 0 amide bonds. The lowest BCUT2D eigenvalue weighted by atomic mass is 9.75. The number of hydrogen-bond acceptors (Lipinski definition) is 3. The largest absolute Gasteiger partial charge is 0.457 e. The number of aliphatic hydroxyl groups is 1. The fraction of sp³-hybridized carbons (Fsp3) is 0.520. The zero-order valence-electron chi connectivity index (χ0n) is 18.1. The van der Waals surface area contributed by atoms with Crippen LogP contribution < -0.4 is 9.64 Å². The van der Waals surface area contributed by atoms with Crippen LogP contribution >= 0.6 is 0 Å². The molecule has 0 fully saturated rings. The summed E-state index contributed by atoms with van der Waals surface area (Å²) in [5.41, 5.74) is 6.14. The molecule has 1 N–H and O–H groups in total. The number of benzene rings is 2. The monoisotopic (exact) mass is 381 g/mol. The summed E-state index contributed by atoms with van der Waals surface area (Å²) in [5, 5.41) is 10.3. The van der Waals surface area contributed by atoms with Crippen LogP contribution in [-0.2, 0) is 0 Å². The average Bonchev–Trinajstić information content (AvgIpc) is 2.68. The van der Waals surface area contributed by atoms with E-state index in [1.807, 2.05) is 0 Å². The Morgan fingerprint density at radius 1 is 1.04 bits per heavy atom. The molecule has 3 nitrogen and oxygen atoms in total. The third-order valence-electron chi connectivity index (χ3n) is 6.12. The maximum atomic E-state index is 10.3. The van der Waals surface area contributed by atoms with E-state index < -0.39 is 0 Å². The first-order chi connectivity index (χ1) is 13.5. The standard InChI is InChI=1S/C25H35NO2/c1-6-9-10-19(16-27)25-21-12-11-20(26(7-2)8-3)15-22(21)28-23-14-17(4)13-18(5)24(23)25/h11-15,19,25,27H,6-10,16H2,1-5H3/t19-,25-/m0/s1. The summed E-state index contributed by atoms with van der Waals surface area (Å²) in [4.78, 5) is 2.34. The van der Waals surface area contributed by atoms with E-state index in [4.69, 9.17) is 4.74 Å². The number of aliphatic hydroxyl groups excluding tert-OH is 1. The summed E-state index contributed by atoms with van der Waals surface area (Å²) >= 11 is 0. The first-order valence-corrected chi connectivity index (χ1v) is 10.8. The molecule has 0 aromatic heterocycles. The normalized spacial score (nSPS) is 16.1. The maximum absolute atomic E-state index is 10.3. The lowest BCUT2D eigenvalue weighted by Gasteiger charge is -2.35. The molecule has 0 unspecified atom stereocenters. The zero-order chi connectivity index (χ0) is 20.3. The Balaban J connectivity index is 2.13. The van der Waals surface area contributed by atoms with Gasteiger partial charge in [0.1, 0.15) is 11.5 Å². The van der Waals surface area contributed by atoms with Crippen LogP contribution in [0.2, 0.25) is 0 Å². The first-order valence-electron chi connectivity index (χ1n) is 10.8. The average molecular weight is 382 g/mol. The molecule has 28 heavy (non-hydrogen) atoms. The lowest BCUT2D eigenvalue weighted by Crippen LogP contribution is -2.24. The Bertz CT molecular complexity index is 810. The molecule has 0 saturated heterocycles. The van der Waals surface area contributed by atoms with Gasteiger partial charge < -0.3 is 14.7 Å². The van der Waals surface area contributed by atoms with Gasteiger partial charge >= 0.3 is 0 Å². The van der Waals surface area contributed by atoms with E-state index in [0.717, 1.165) is 43.9 Å². The highest BCUT2D eigenvalue weighted by atomic mass is 16.5. The summed E-state index contributed by atoms with van der Waals surface area (Å²) in [6, 6.07) is 11.0. The minimum Gasteiger partial charge on any atom is -0.457 e. The van der Waals surface area contributed by atoms with Crippen LogP contribution in [0.1, 0.15) is 68.2 Å². The number of ether oxygens (including phenoxy) is 1. The lowest BCUT2D eigenvalue weighted by molar-refractivity contribution is 0.198. The molecule has 152 valence electrons. The molecule has 1 heterocycles. The predicted molar refractivity (Wildman–Crippen MR) is 118 cm³/mol. The predicted octanol–water partition coefficient (Wildman–Crippen LogP) is 6.19. The summed E-state index contributed by atoms with van der Waals surface area (Å²) in [6.07, 6.45) is 3.31. The highest BCUT2D eigenvalue weighted by molar-refractivity contribution is 5.62. The summed E-state index contributed by atoms with van der Waals surface area (Å²) in [6.45, 7) is 13.0. The van der Waals surface area contributed by atoms with Gasteiger partial charge in [0, 0.05) is 48.5 Å². The van der Waals surface area contributed by atoms with Gasteiger partial charge in [-0.1, -0.05) is 31.9 Å². The van der Waals surface area contributed by atoms with Gasteiger partial charge in [0.05, 0.1) is 0 Å². The van der Waals surface area contributed by atoms with Crippen LogP contribution in [0.3, 0.4) is 0 Å². The molecule has 3 heteroatoms. The molecular weight excluding hydrogens is 346 g/mol. The number of aryl methyl sites for hydroxylation is 2. The van der Waals surface area contributed by atoms with E-state index in [2.05, 4.69) is 69.9 Å². The number of rotatable bonds is 8. The third kappa shape index (κ3) is 3.91. The Morgan fingerprint density at radius 2 is 1.79 bits per heavy atom. The van der Waals surface area contributed by atoms with Crippen molar-refractivity contribution in [2.24, 2.45) is 5.92 Å². The topological polar surface area (TPSA) is 32.7 Å². The third-order valence-corrected chi connectivity index (χ3v) is 6.12. The molecule has 3 rings (SSSR count). The highest BCUT2D eigenvalue weighted by Crippen LogP contribution is 2.50. The number of unbranched alkanes of at least 4 members (excludes halogenated alkanes) is 1. The van der Waals surface area contributed by atoms with E-state index in [9.17, 15) is 5.11 Å². The molecule has 1 aliphatic heterocycles. The number of nitrogens with zero attached hydrogens (tertiary/aromatic N) is 1. The fourth-order valence-electron chi connectivity index (χ4n) is 4.67. The number of anilines is 1. The van der Waals surface area contributed by atoms with Gasteiger partial charge in [-0.25, -0.2) is 0 Å². The molecule has 2 atom stereocenters. The van der Waals surface area contributed by atoms with Gasteiger partial charge in [-0.15, -0.1) is 0 Å². The molecular formula is C25H35NO2. The van der Waals surface area contributed by atoms with Crippen molar-refractivity contribution in [2.75, 3.05) is 24.6 Å². The van der Waals surface area contributed by atoms with Gasteiger partial charge in [0.15, 0.2) is 0 Å². The quantitative estimate of drug-likeness (QED) is 0.592. The zero-order valence-corrected chi connectivity index (χ0v) is 18.1. The van der Waals surface area contributed by atoms with Crippen LogP contribution in [0, 0.1) is 19.8 Å². The molecule has 1 aliphatic rings. The van der Waals surface area contributed by atoms with Crippen LogP contribution in [0.5, 0.6) is 11.5 Å². The molecule has 0 radical (unpaired) electrons. The van der Waals surface area contributed by atoms with Crippen molar-refractivity contribution < 1.29 is 9.84 Å². The van der Waals surface area contributed by atoms with E-state index in [1.54, 1.807) is 0 Å². The molecule has 0 saturated carbocycles. The molecule has 0 bridgehead atoms. The highest BCUT2D eigenvalue weighted by Gasteiger charge is 2.34. The van der Waals surface area contributed by atoms with E-state index in [0.29, 0.717) is 0 Å². The first kappa shape index (κ1) is 20.7. The maximum Gasteiger partial charge on any atom is 0.133 e. The van der Waals surface area contributed by atoms with Crippen molar-refractivity contribution in [3.05, 3.63) is 52.6 Å². The summed E-state index contributed by atoms with van der Waals surface area (Å²) in [7, 11) is 0. The number of fused-ring (bicyclic) bond motifs is 2. The summed E-state index contributed by atoms with van der Waals surface area (Å²) in [5.74, 6) is 2.30. The van der Waals surface area contributed by atoms with Crippen LogP contribution in [-0.4, -0.2) is 24.8 Å². The van der Waals surface area contributed by atoms with E-state index >= 15 is 0 Å². The Kier molecular flexibility index (Phi) is 6.66. The van der Waals surface area contributed by atoms with Gasteiger partial charge in [-0.05, 0) is 63.3 Å². The van der Waals surface area contributed by atoms with Crippen molar-refractivity contribution in [2.45, 2.75) is 59.8 Å². The van der Waals surface area contributed by atoms with Crippen molar-refractivity contribution in [1.29, 1.82) is 0 Å². The van der Waals surface area contributed by atoms with Crippen LogP contribution in [0.4, 0.5) is 5.69 Å². The molecule has 0 spiro atoms. The Labute approximate surface area is 170 Å². The van der Waals surface area contributed by atoms with Crippen LogP contribution in [0.15, 0.2) is 30.3 Å². The van der Waals surface area contributed by atoms with E-state index in [-0.39, 0.29) is 18.4 Å². The Morgan fingerprint density at radius 3 is 2.43 bits per heavy atom. The SMILES string of the molecule is CCCC[C@@H](CO)[C@H]1c2ccc(N(CC)CC)cc2Oc2cc(C)cc(C)c21. The van der Waals surface area contributed by atoms with Gasteiger partial charge in [0.2, 0.25) is 0 Å².